The SMILES string of the molecule is CC/C=C\C/C=C\C/C=C\CCCCCC(=O)OCC(COP(=O)(O)OCCN)OC(=O)CCCCCCCCCCCCCC/C=C\C/C=C\C/C=C\CCCCCCC. The van der Waals surface area contributed by atoms with Gasteiger partial charge in [-0.1, -0.05) is 183 Å². The largest absolute Gasteiger partial charge is 0.472 e. The summed E-state index contributed by atoms with van der Waals surface area (Å²) in [5.41, 5.74) is 5.35. The molecule has 0 bridgehead atoms. The third kappa shape index (κ3) is 46.8. The Kier molecular flexibility index (Phi) is 45.0. The molecule has 0 saturated heterocycles. The maximum atomic E-state index is 12.6. The zero-order valence-corrected chi connectivity index (χ0v) is 39.8. The van der Waals surface area contributed by atoms with Gasteiger partial charge in [0.05, 0.1) is 13.2 Å². The number of esters is 2. The van der Waals surface area contributed by atoms with Crippen molar-refractivity contribution in [3.8, 4) is 0 Å². The molecule has 0 fully saturated rings. The summed E-state index contributed by atoms with van der Waals surface area (Å²) in [5, 5.41) is 0. The highest BCUT2D eigenvalue weighted by molar-refractivity contribution is 7.47. The molecule has 0 aromatic carbocycles. The Morgan fingerprint density at radius 2 is 0.902 bits per heavy atom. The fourth-order valence-electron chi connectivity index (χ4n) is 6.48. The van der Waals surface area contributed by atoms with Crippen molar-refractivity contribution in [1.29, 1.82) is 0 Å². The number of hydrogen-bond acceptors (Lipinski definition) is 8. The Labute approximate surface area is 373 Å². The quantitative estimate of drug-likeness (QED) is 0.0265. The smallest absolute Gasteiger partial charge is 0.462 e. The second kappa shape index (κ2) is 46.9. The first-order chi connectivity index (χ1) is 29.8. The molecule has 0 aliphatic carbocycles. The van der Waals surface area contributed by atoms with Crippen LogP contribution in [0.1, 0.15) is 206 Å². The normalized spacial score (nSPS) is 13.8. The molecule has 2 atom stereocenters. The lowest BCUT2D eigenvalue weighted by Gasteiger charge is -2.19. The van der Waals surface area contributed by atoms with Gasteiger partial charge in [0.2, 0.25) is 0 Å². The first-order valence-electron chi connectivity index (χ1n) is 24.4. The summed E-state index contributed by atoms with van der Waals surface area (Å²) in [4.78, 5) is 34.9. The monoisotopic (exact) mass is 876 g/mol. The molecule has 61 heavy (non-hydrogen) atoms. The molecule has 0 amide bonds. The summed E-state index contributed by atoms with van der Waals surface area (Å²) < 4.78 is 32.8. The Morgan fingerprint density at radius 3 is 1.36 bits per heavy atom. The summed E-state index contributed by atoms with van der Waals surface area (Å²) >= 11 is 0. The van der Waals surface area contributed by atoms with Crippen molar-refractivity contribution >= 4 is 19.8 Å². The van der Waals surface area contributed by atoms with Crippen LogP contribution >= 0.6 is 7.82 Å². The molecule has 0 radical (unpaired) electrons. The number of carbonyl (C=O) groups is 2. The lowest BCUT2D eigenvalue weighted by Crippen LogP contribution is -2.29. The molecular weight excluding hydrogens is 786 g/mol. The number of ether oxygens (including phenoxy) is 2. The van der Waals surface area contributed by atoms with E-state index in [0.29, 0.717) is 12.8 Å². The van der Waals surface area contributed by atoms with Crippen LogP contribution in [-0.2, 0) is 32.7 Å². The Morgan fingerprint density at radius 1 is 0.508 bits per heavy atom. The molecule has 3 N–H and O–H groups in total. The zero-order chi connectivity index (χ0) is 44.6. The van der Waals surface area contributed by atoms with Crippen LogP contribution < -0.4 is 5.73 Å². The number of hydrogen-bond donors (Lipinski definition) is 2. The van der Waals surface area contributed by atoms with Gasteiger partial charge in [-0.25, -0.2) is 4.57 Å². The van der Waals surface area contributed by atoms with E-state index in [1.807, 2.05) is 0 Å². The van der Waals surface area contributed by atoms with Crippen LogP contribution in [0.2, 0.25) is 0 Å². The zero-order valence-electron chi connectivity index (χ0n) is 38.9. The Balaban J connectivity index is 4.04. The van der Waals surface area contributed by atoms with Gasteiger partial charge in [0, 0.05) is 19.4 Å². The van der Waals surface area contributed by atoms with Crippen LogP contribution in [0.15, 0.2) is 72.9 Å². The lowest BCUT2D eigenvalue weighted by molar-refractivity contribution is -0.161. The van der Waals surface area contributed by atoms with Gasteiger partial charge in [-0.2, -0.15) is 0 Å². The first kappa shape index (κ1) is 58.5. The second-order valence-corrected chi connectivity index (χ2v) is 17.4. The highest BCUT2D eigenvalue weighted by Gasteiger charge is 2.26. The standard InChI is InChI=1S/C51H90NO8P/c1-3-5-7-9-11-13-15-17-18-19-20-21-22-23-24-25-26-27-28-29-30-32-34-36-38-40-42-44-51(54)60-49(48-59-61(55,56)58-46-45-52)47-57-50(53)43-41-39-37-35-33-31-16-14-12-10-8-6-4-2/h6,8,12,14-15,17,19-20,22-23,31,33,49H,3-5,7,9-11,13,16,18,21,24-30,32,34-48,52H2,1-2H3,(H,55,56)/b8-6-,14-12-,17-15-,20-19-,23-22-,33-31-. The van der Waals surface area contributed by atoms with Crippen molar-refractivity contribution in [2.24, 2.45) is 5.73 Å². The third-order valence-electron chi connectivity index (χ3n) is 10.1. The van der Waals surface area contributed by atoms with E-state index in [9.17, 15) is 19.0 Å². The molecule has 0 heterocycles. The lowest BCUT2D eigenvalue weighted by atomic mass is 10.0. The molecule has 0 aromatic rings. The number of phosphoric acid groups is 1. The van der Waals surface area contributed by atoms with Crippen LogP contribution in [0.25, 0.3) is 0 Å². The van der Waals surface area contributed by atoms with Crippen LogP contribution in [-0.4, -0.2) is 49.3 Å². The molecule has 9 nitrogen and oxygen atoms in total. The molecule has 0 rings (SSSR count). The number of unbranched alkanes of at least 4 members (excludes halogenated alkanes) is 20. The fraction of sp³-hybridized carbons (Fsp3) is 0.725. The van der Waals surface area contributed by atoms with E-state index in [0.717, 1.165) is 70.6 Å². The highest BCUT2D eigenvalue weighted by atomic mass is 31.2. The summed E-state index contributed by atoms with van der Waals surface area (Å²) in [7, 11) is -4.39. The molecular formula is C51H90NO8P. The van der Waals surface area contributed by atoms with Gasteiger partial charge in [-0.05, 0) is 83.5 Å². The van der Waals surface area contributed by atoms with E-state index >= 15 is 0 Å². The van der Waals surface area contributed by atoms with Gasteiger partial charge >= 0.3 is 19.8 Å². The summed E-state index contributed by atoms with van der Waals surface area (Å²) in [6, 6.07) is 0. The molecule has 0 spiro atoms. The molecule has 0 aliphatic rings. The van der Waals surface area contributed by atoms with E-state index < -0.39 is 32.5 Å². The number of allylic oxidation sites excluding steroid dienone is 12. The van der Waals surface area contributed by atoms with Crippen LogP contribution in [0.4, 0.5) is 0 Å². The number of rotatable bonds is 45. The van der Waals surface area contributed by atoms with Crippen molar-refractivity contribution in [3.05, 3.63) is 72.9 Å². The van der Waals surface area contributed by atoms with Crippen molar-refractivity contribution < 1.29 is 37.6 Å². The van der Waals surface area contributed by atoms with Gasteiger partial charge < -0.3 is 20.1 Å². The number of phosphoric ester groups is 1. The fourth-order valence-corrected chi connectivity index (χ4v) is 7.24. The summed E-state index contributed by atoms with van der Waals surface area (Å²) in [5.74, 6) is -0.867. The summed E-state index contributed by atoms with van der Waals surface area (Å²) in [6.07, 6.45) is 58.1. The summed E-state index contributed by atoms with van der Waals surface area (Å²) in [6.45, 7) is 3.57. The molecule has 0 saturated carbocycles. The van der Waals surface area contributed by atoms with Crippen LogP contribution in [0, 0.1) is 0 Å². The number of nitrogens with two attached hydrogens (primary N) is 1. The minimum Gasteiger partial charge on any atom is -0.462 e. The third-order valence-corrected chi connectivity index (χ3v) is 11.1. The van der Waals surface area contributed by atoms with E-state index in [1.54, 1.807) is 0 Å². The maximum Gasteiger partial charge on any atom is 0.472 e. The van der Waals surface area contributed by atoms with E-state index in [-0.39, 0.29) is 32.6 Å². The van der Waals surface area contributed by atoms with Crippen molar-refractivity contribution in [2.75, 3.05) is 26.4 Å². The van der Waals surface area contributed by atoms with Gasteiger partial charge in [-0.3, -0.25) is 18.6 Å². The minimum absolute atomic E-state index is 0.0460. The molecule has 2 unspecified atom stereocenters. The van der Waals surface area contributed by atoms with Gasteiger partial charge in [-0.15, -0.1) is 0 Å². The van der Waals surface area contributed by atoms with Crippen LogP contribution in [0.5, 0.6) is 0 Å². The minimum atomic E-state index is -4.39. The maximum absolute atomic E-state index is 12.6. The molecule has 10 heteroatoms. The molecule has 0 aromatic heterocycles. The topological polar surface area (TPSA) is 134 Å². The van der Waals surface area contributed by atoms with Crippen molar-refractivity contribution in [2.45, 2.75) is 213 Å². The van der Waals surface area contributed by atoms with E-state index in [2.05, 4.69) is 86.8 Å². The number of carbonyl (C=O) groups excluding carboxylic acids is 2. The predicted octanol–water partition coefficient (Wildman–Crippen LogP) is 14.6. The Bertz CT molecular complexity index is 1230. The van der Waals surface area contributed by atoms with Gasteiger partial charge in [0.1, 0.15) is 6.61 Å². The predicted molar refractivity (Wildman–Crippen MR) is 256 cm³/mol. The van der Waals surface area contributed by atoms with Crippen molar-refractivity contribution in [1.82, 2.24) is 0 Å². The average Bonchev–Trinajstić information content (AvgIpc) is 3.25. The average molecular weight is 876 g/mol. The van der Waals surface area contributed by atoms with E-state index in [1.165, 1.54) is 96.3 Å². The van der Waals surface area contributed by atoms with Gasteiger partial charge in [0.15, 0.2) is 6.10 Å². The Hall–Kier alpha value is -2.55. The second-order valence-electron chi connectivity index (χ2n) is 15.9. The van der Waals surface area contributed by atoms with E-state index in [4.69, 9.17) is 24.3 Å². The molecule has 0 aliphatic heterocycles. The van der Waals surface area contributed by atoms with Crippen LogP contribution in [0.3, 0.4) is 0 Å². The van der Waals surface area contributed by atoms with Gasteiger partial charge in [0.25, 0.3) is 0 Å². The highest BCUT2D eigenvalue weighted by Crippen LogP contribution is 2.43. The first-order valence-corrected chi connectivity index (χ1v) is 25.9. The molecule has 352 valence electrons. The van der Waals surface area contributed by atoms with Crippen molar-refractivity contribution in [3.63, 3.8) is 0 Å².